The predicted octanol–water partition coefficient (Wildman–Crippen LogP) is 4.97. The summed E-state index contributed by atoms with van der Waals surface area (Å²) in [6, 6.07) is 23.6. The Morgan fingerprint density at radius 1 is 0.841 bits per heavy atom. The van der Waals surface area contributed by atoms with Crippen LogP contribution >= 0.6 is 0 Å². The molecular weight excluding hydrogens is 574 g/mol. The normalized spacial score (nSPS) is 14.2. The summed E-state index contributed by atoms with van der Waals surface area (Å²) in [4.78, 5) is 15.9. The number of nitrogens with one attached hydrogen (secondary N) is 3. The summed E-state index contributed by atoms with van der Waals surface area (Å²) in [5.74, 6) is 2.14. The number of pyridine rings is 1. The van der Waals surface area contributed by atoms with Gasteiger partial charge >= 0.3 is 0 Å². The summed E-state index contributed by atoms with van der Waals surface area (Å²) in [5.41, 5.74) is 4.65. The molecule has 0 unspecified atom stereocenters. The number of likely N-dealkylation sites (tertiary alicyclic amines) is 1. The molecule has 0 saturated carbocycles. The minimum absolute atomic E-state index is 0.537. The first kappa shape index (κ1) is 29.6. The number of aromatic nitrogens is 3. The van der Waals surface area contributed by atoms with Gasteiger partial charge in [-0.2, -0.15) is 0 Å². The van der Waals surface area contributed by atoms with Crippen molar-refractivity contribution >= 4 is 49.9 Å². The Morgan fingerprint density at radius 2 is 1.68 bits per heavy atom. The van der Waals surface area contributed by atoms with E-state index in [2.05, 4.69) is 53.4 Å². The summed E-state index contributed by atoms with van der Waals surface area (Å²) in [6.07, 6.45) is 6.46. The SMILES string of the molecule is O=[SH](=O)Nc1ccc(CCNc2ncnc3cc(OCC4CCN(CCNc5ccnc6ccccc56)CC4)ccc23)cc1. The fourth-order valence-corrected chi connectivity index (χ4v) is 5.99. The number of fused-ring (bicyclic) bond motifs is 2. The van der Waals surface area contributed by atoms with Gasteiger partial charge in [-0.1, -0.05) is 30.3 Å². The first-order chi connectivity index (χ1) is 21.6. The van der Waals surface area contributed by atoms with E-state index in [0.717, 1.165) is 90.1 Å². The van der Waals surface area contributed by atoms with E-state index in [4.69, 9.17) is 4.74 Å². The highest BCUT2D eigenvalue weighted by atomic mass is 32.2. The van der Waals surface area contributed by atoms with Crippen LogP contribution in [0.2, 0.25) is 0 Å². The smallest absolute Gasteiger partial charge is 0.222 e. The van der Waals surface area contributed by atoms with Crippen LogP contribution in [0.4, 0.5) is 17.2 Å². The number of hydrogen-bond donors (Lipinski definition) is 4. The average Bonchev–Trinajstić information content (AvgIpc) is 3.05. The van der Waals surface area contributed by atoms with Crippen LogP contribution in [0.5, 0.6) is 5.75 Å². The lowest BCUT2D eigenvalue weighted by molar-refractivity contribution is 0.145. The zero-order valence-electron chi connectivity index (χ0n) is 24.5. The number of piperidine rings is 1. The van der Waals surface area contributed by atoms with Gasteiger partial charge in [0.2, 0.25) is 10.9 Å². The molecule has 10 nitrogen and oxygen atoms in total. The molecule has 3 heterocycles. The Morgan fingerprint density at radius 3 is 2.52 bits per heavy atom. The number of anilines is 3. The topological polar surface area (TPSA) is 121 Å². The first-order valence-corrected chi connectivity index (χ1v) is 16.2. The summed E-state index contributed by atoms with van der Waals surface area (Å²) in [7, 11) is -2.66. The van der Waals surface area contributed by atoms with Gasteiger partial charge in [-0.05, 0) is 80.2 Å². The van der Waals surface area contributed by atoms with Gasteiger partial charge in [0.15, 0.2) is 0 Å². The van der Waals surface area contributed by atoms with Gasteiger partial charge in [0, 0.05) is 54.0 Å². The van der Waals surface area contributed by atoms with Crippen molar-refractivity contribution < 1.29 is 13.2 Å². The summed E-state index contributed by atoms with van der Waals surface area (Å²) in [5, 5.41) is 9.11. The molecule has 1 saturated heterocycles. The average molecular weight is 612 g/mol. The van der Waals surface area contributed by atoms with Crippen LogP contribution in [0, 0.1) is 5.92 Å². The fraction of sp³-hybridized carbons (Fsp3) is 0.303. The van der Waals surface area contributed by atoms with Crippen LogP contribution in [0.3, 0.4) is 0 Å². The Labute approximate surface area is 259 Å². The maximum atomic E-state index is 10.8. The number of nitrogens with zero attached hydrogens (tertiary/aromatic N) is 4. The van der Waals surface area contributed by atoms with Crippen LogP contribution in [-0.2, 0) is 17.3 Å². The third-order valence-corrected chi connectivity index (χ3v) is 8.51. The van der Waals surface area contributed by atoms with Gasteiger partial charge in [0.05, 0.1) is 17.6 Å². The molecule has 0 spiro atoms. The largest absolute Gasteiger partial charge is 0.493 e. The second-order valence-corrected chi connectivity index (χ2v) is 11.8. The molecule has 2 aromatic heterocycles. The molecule has 1 fully saturated rings. The van der Waals surface area contributed by atoms with E-state index in [1.807, 2.05) is 48.7 Å². The molecule has 1 aliphatic heterocycles. The van der Waals surface area contributed by atoms with E-state index in [1.54, 1.807) is 18.5 Å². The molecule has 0 bridgehead atoms. The molecule has 0 aliphatic carbocycles. The second kappa shape index (κ2) is 14.3. The van der Waals surface area contributed by atoms with Crippen molar-refractivity contribution in [3.05, 3.63) is 90.9 Å². The molecule has 0 radical (unpaired) electrons. The Kier molecular flexibility index (Phi) is 9.63. The molecule has 5 aromatic rings. The van der Waals surface area contributed by atoms with Crippen molar-refractivity contribution in [3.63, 3.8) is 0 Å². The Bertz CT molecular complexity index is 1760. The molecular formula is C33H37N7O3S. The monoisotopic (exact) mass is 611 g/mol. The molecule has 3 aromatic carbocycles. The van der Waals surface area contributed by atoms with Crippen molar-refractivity contribution in [2.24, 2.45) is 5.92 Å². The number of para-hydroxylation sites is 1. The van der Waals surface area contributed by atoms with E-state index in [-0.39, 0.29) is 0 Å². The van der Waals surface area contributed by atoms with Crippen molar-refractivity contribution in [2.45, 2.75) is 19.3 Å². The van der Waals surface area contributed by atoms with Gasteiger partial charge in [0.25, 0.3) is 0 Å². The maximum absolute atomic E-state index is 10.8. The van der Waals surface area contributed by atoms with E-state index >= 15 is 0 Å². The molecule has 0 atom stereocenters. The minimum atomic E-state index is -2.66. The molecule has 1 aliphatic rings. The van der Waals surface area contributed by atoms with Crippen LogP contribution in [0.1, 0.15) is 18.4 Å². The van der Waals surface area contributed by atoms with Crippen molar-refractivity contribution in [2.75, 3.05) is 54.7 Å². The van der Waals surface area contributed by atoms with Crippen LogP contribution < -0.4 is 20.1 Å². The van der Waals surface area contributed by atoms with E-state index in [9.17, 15) is 8.42 Å². The van der Waals surface area contributed by atoms with Crippen LogP contribution in [0.25, 0.3) is 21.8 Å². The number of benzene rings is 3. The molecule has 6 rings (SSSR count). The van der Waals surface area contributed by atoms with Gasteiger partial charge in [-0.15, -0.1) is 0 Å². The summed E-state index contributed by atoms with van der Waals surface area (Å²) >= 11 is 0. The van der Waals surface area contributed by atoms with Gasteiger partial charge < -0.3 is 20.3 Å². The zero-order valence-corrected chi connectivity index (χ0v) is 25.4. The zero-order chi connectivity index (χ0) is 30.1. The maximum Gasteiger partial charge on any atom is 0.222 e. The lowest BCUT2D eigenvalue weighted by Crippen LogP contribution is -2.38. The number of thiol groups is 1. The first-order valence-electron chi connectivity index (χ1n) is 15.0. The summed E-state index contributed by atoms with van der Waals surface area (Å²) in [6.45, 7) is 5.47. The fourth-order valence-electron chi connectivity index (χ4n) is 5.63. The van der Waals surface area contributed by atoms with E-state index in [0.29, 0.717) is 24.8 Å². The quantitative estimate of drug-likeness (QED) is 0.137. The lowest BCUT2D eigenvalue weighted by Gasteiger charge is -2.32. The van der Waals surface area contributed by atoms with Crippen LogP contribution in [0.15, 0.2) is 85.3 Å². The second-order valence-electron chi connectivity index (χ2n) is 11.0. The predicted molar refractivity (Wildman–Crippen MR) is 177 cm³/mol. The summed E-state index contributed by atoms with van der Waals surface area (Å²) < 4.78 is 30.2. The van der Waals surface area contributed by atoms with E-state index < -0.39 is 10.9 Å². The van der Waals surface area contributed by atoms with Crippen molar-refractivity contribution in [1.29, 1.82) is 0 Å². The lowest BCUT2D eigenvalue weighted by atomic mass is 9.98. The highest BCUT2D eigenvalue weighted by Gasteiger charge is 2.20. The van der Waals surface area contributed by atoms with Crippen molar-refractivity contribution in [3.8, 4) is 5.75 Å². The number of hydrogen-bond acceptors (Lipinski definition) is 9. The Hall–Kier alpha value is -4.48. The van der Waals surface area contributed by atoms with E-state index in [1.165, 1.54) is 0 Å². The third kappa shape index (κ3) is 7.72. The third-order valence-electron chi connectivity index (χ3n) is 8.07. The standard InChI is InChI=1S/C33H37N7O3S/c41-44(42)39-26-7-5-24(6-8-26)11-15-36-33-29-10-9-27(21-32(29)37-23-38-33)43-22-25-13-18-40(19-14-25)20-17-35-31-12-16-34-30-4-2-1-3-28(30)31/h1-10,12,16,21,23,25,44H,11,13-15,17-20,22H2,(H,34,35)(H,36,37,38)(H,39,41,42). The van der Waals surface area contributed by atoms with Crippen molar-refractivity contribution in [1.82, 2.24) is 19.9 Å². The Balaban J connectivity index is 0.937. The number of ether oxygens (including phenoxy) is 1. The highest BCUT2D eigenvalue weighted by Crippen LogP contribution is 2.26. The van der Waals surface area contributed by atoms with Gasteiger partial charge in [0.1, 0.15) is 17.9 Å². The molecule has 3 N–H and O–H groups in total. The molecule has 228 valence electrons. The van der Waals surface area contributed by atoms with Gasteiger partial charge in [-0.25, -0.2) is 18.4 Å². The molecule has 11 heteroatoms. The minimum Gasteiger partial charge on any atom is -0.493 e. The highest BCUT2D eigenvalue weighted by molar-refractivity contribution is 7.73. The molecule has 44 heavy (non-hydrogen) atoms. The van der Waals surface area contributed by atoms with Gasteiger partial charge in [-0.3, -0.25) is 9.71 Å². The molecule has 0 amide bonds. The van der Waals surface area contributed by atoms with Crippen LogP contribution in [-0.4, -0.2) is 67.6 Å². The number of rotatable bonds is 13.